The van der Waals surface area contributed by atoms with Crippen molar-refractivity contribution in [3.63, 3.8) is 0 Å². The van der Waals surface area contributed by atoms with Crippen molar-refractivity contribution >= 4 is 35.8 Å². The minimum absolute atomic E-state index is 0. The molecule has 4 aromatic rings. The highest BCUT2D eigenvalue weighted by Gasteiger charge is 2.48. The third kappa shape index (κ3) is 21.0. The molecule has 4 unspecified atom stereocenters. The molecule has 7 rings (SSSR count). The maximum atomic E-state index is 11.2. The van der Waals surface area contributed by atoms with Gasteiger partial charge in [0.1, 0.15) is 24.7 Å². The summed E-state index contributed by atoms with van der Waals surface area (Å²) in [6.07, 6.45) is 16.4. The third-order valence-corrected chi connectivity index (χ3v) is 13.6. The molecule has 77 heavy (non-hydrogen) atoms. The Kier molecular flexibility index (Phi) is 28.2. The molecule has 3 aliphatic carbocycles. The first-order valence-electron chi connectivity index (χ1n) is 25.6. The number of ether oxygens (including phenoxy) is 6. The average molecular weight is 1050 g/mol. The number of carbonyl (C=O) groups is 6. The molecule has 3 aliphatic rings. The van der Waals surface area contributed by atoms with Crippen molar-refractivity contribution in [3.05, 3.63) is 206 Å². The molecule has 0 heterocycles. The highest BCUT2D eigenvalue weighted by Crippen LogP contribution is 2.58. The lowest BCUT2D eigenvalue weighted by molar-refractivity contribution is -0.139. The van der Waals surface area contributed by atoms with E-state index < -0.39 is 23.9 Å². The van der Waals surface area contributed by atoms with Crippen LogP contribution < -0.4 is 9.47 Å². The van der Waals surface area contributed by atoms with Crippen molar-refractivity contribution in [3.8, 4) is 11.5 Å². The van der Waals surface area contributed by atoms with Crippen LogP contribution in [0.3, 0.4) is 0 Å². The molecule has 12 heteroatoms. The van der Waals surface area contributed by atoms with Crippen LogP contribution in [-0.4, -0.2) is 49.0 Å². The van der Waals surface area contributed by atoms with E-state index in [-0.39, 0.29) is 43.4 Å². The lowest BCUT2D eigenvalue weighted by Gasteiger charge is -2.26. The van der Waals surface area contributed by atoms with Crippen molar-refractivity contribution in [2.45, 2.75) is 112 Å². The molecule has 3 fully saturated rings. The summed E-state index contributed by atoms with van der Waals surface area (Å²) in [5.74, 6) is 3.18. The average Bonchev–Trinajstić information content (AvgIpc) is 4.21. The van der Waals surface area contributed by atoms with Gasteiger partial charge < -0.3 is 28.4 Å². The van der Waals surface area contributed by atoms with E-state index in [2.05, 4.69) is 76.6 Å². The Morgan fingerprint density at radius 2 is 0.701 bits per heavy atom. The molecule has 0 saturated heterocycles. The van der Waals surface area contributed by atoms with Gasteiger partial charge in [0.05, 0.1) is 13.2 Å². The second-order valence-corrected chi connectivity index (χ2v) is 19.1. The molecule has 12 nitrogen and oxygen atoms in total. The van der Waals surface area contributed by atoms with Crippen LogP contribution in [0.15, 0.2) is 173 Å². The molecular formula is C65H80O12. The number of rotatable bonds is 18. The van der Waals surface area contributed by atoms with E-state index >= 15 is 0 Å². The van der Waals surface area contributed by atoms with E-state index in [9.17, 15) is 28.8 Å². The van der Waals surface area contributed by atoms with E-state index in [1.165, 1.54) is 23.7 Å². The molecule has 4 atom stereocenters. The predicted octanol–water partition coefficient (Wildman–Crippen LogP) is 13.6. The Balaban J connectivity index is 0.000000367. The standard InChI is InChI=1S/C23H24O4.C21H20O4.C10H16.2C5H8O2.CH4/c1-5-21(24)26-15-17-7-11-19(12-8-17)23(3,4)20-13-9-18(10-14-20)16-27-22(25)6-2;1-5-19(22)24-17-11-7-15(8-12-17)21(3,4)16-9-13-18(14-10-16)25-20(23)6-2;1-2-9-7-4-5-8(6-7)10(9)3-1;2*1-3-5(6)7-4-2;/h5-14H,1-2,15-16H2,3-4H3;5-14H,1-2H2,3-4H3;7-10H,1-6H2;2*3H,1,4H2,2H3;1H4. The van der Waals surface area contributed by atoms with Crippen LogP contribution in [0.2, 0.25) is 0 Å². The maximum Gasteiger partial charge on any atom is 0.335 e. The van der Waals surface area contributed by atoms with E-state index in [4.69, 9.17) is 18.9 Å². The van der Waals surface area contributed by atoms with Crippen molar-refractivity contribution < 1.29 is 57.2 Å². The normalized spacial score (nSPS) is 16.1. The summed E-state index contributed by atoms with van der Waals surface area (Å²) in [4.78, 5) is 64.9. The smallest absolute Gasteiger partial charge is 0.335 e. The molecule has 4 aromatic carbocycles. The van der Waals surface area contributed by atoms with E-state index in [0.29, 0.717) is 24.7 Å². The Morgan fingerprint density at radius 1 is 0.429 bits per heavy atom. The molecule has 0 aromatic heterocycles. The zero-order valence-electron chi connectivity index (χ0n) is 45.2. The van der Waals surface area contributed by atoms with Crippen LogP contribution >= 0.6 is 0 Å². The van der Waals surface area contributed by atoms with Gasteiger partial charge in [-0.25, -0.2) is 28.8 Å². The van der Waals surface area contributed by atoms with Gasteiger partial charge in [-0.3, -0.25) is 0 Å². The monoisotopic (exact) mass is 1050 g/mol. The first-order chi connectivity index (χ1) is 36.3. The largest absolute Gasteiger partial charge is 0.463 e. The minimum atomic E-state index is -0.489. The van der Waals surface area contributed by atoms with Gasteiger partial charge in [-0.05, 0) is 127 Å². The number of benzene rings is 4. The first-order valence-corrected chi connectivity index (χ1v) is 25.6. The van der Waals surface area contributed by atoms with Gasteiger partial charge in [0.2, 0.25) is 0 Å². The molecule has 0 radical (unpaired) electrons. The molecule has 0 amide bonds. The van der Waals surface area contributed by atoms with Crippen LogP contribution in [0.25, 0.3) is 0 Å². The number of carbonyl (C=O) groups excluding carboxylic acids is 6. The number of fused-ring (bicyclic) bond motifs is 5. The Bertz CT molecular complexity index is 2410. The topological polar surface area (TPSA) is 158 Å². The minimum Gasteiger partial charge on any atom is -0.463 e. The summed E-state index contributed by atoms with van der Waals surface area (Å²) in [5.41, 5.74) is 5.77. The summed E-state index contributed by atoms with van der Waals surface area (Å²) >= 11 is 0. The van der Waals surface area contributed by atoms with Gasteiger partial charge in [0, 0.05) is 47.3 Å². The number of esters is 6. The molecule has 0 N–H and O–H groups in total. The van der Waals surface area contributed by atoms with Gasteiger partial charge >= 0.3 is 35.8 Å². The summed E-state index contributed by atoms with van der Waals surface area (Å²) in [6.45, 7) is 33.2. The number of hydrogen-bond donors (Lipinski definition) is 0. The summed E-state index contributed by atoms with van der Waals surface area (Å²) in [5, 5.41) is 0. The van der Waals surface area contributed by atoms with Gasteiger partial charge in [0.15, 0.2) is 0 Å². The highest BCUT2D eigenvalue weighted by atomic mass is 16.6. The first kappa shape index (κ1) is 65.3. The van der Waals surface area contributed by atoms with Crippen molar-refractivity contribution in [2.24, 2.45) is 23.7 Å². The van der Waals surface area contributed by atoms with Crippen molar-refractivity contribution in [2.75, 3.05) is 13.2 Å². The van der Waals surface area contributed by atoms with Gasteiger partial charge in [-0.1, -0.05) is 154 Å². The fourth-order valence-electron chi connectivity index (χ4n) is 9.41. The van der Waals surface area contributed by atoms with Crippen molar-refractivity contribution in [1.82, 2.24) is 0 Å². The highest BCUT2D eigenvalue weighted by molar-refractivity contribution is 5.84. The zero-order chi connectivity index (χ0) is 56.3. The zero-order valence-corrected chi connectivity index (χ0v) is 45.2. The van der Waals surface area contributed by atoms with Crippen LogP contribution in [0, 0.1) is 23.7 Å². The Hall–Kier alpha value is -7.86. The van der Waals surface area contributed by atoms with Gasteiger partial charge in [0.25, 0.3) is 0 Å². The lowest BCUT2D eigenvalue weighted by atomic mass is 9.78. The lowest BCUT2D eigenvalue weighted by Crippen LogP contribution is -2.19. The maximum absolute atomic E-state index is 11.2. The second kappa shape index (κ2) is 33.2. The Morgan fingerprint density at radius 3 is 0.961 bits per heavy atom. The van der Waals surface area contributed by atoms with E-state index in [1.807, 2.05) is 72.8 Å². The molecule has 0 aliphatic heterocycles. The van der Waals surface area contributed by atoms with Gasteiger partial charge in [-0.15, -0.1) is 0 Å². The van der Waals surface area contributed by atoms with Crippen LogP contribution in [0.5, 0.6) is 11.5 Å². The van der Waals surface area contributed by atoms with Crippen LogP contribution in [-0.2, 0) is 71.8 Å². The van der Waals surface area contributed by atoms with E-state index in [0.717, 1.165) is 69.8 Å². The Labute approximate surface area is 457 Å². The molecule has 2 bridgehead atoms. The summed E-state index contributed by atoms with van der Waals surface area (Å²) < 4.78 is 29.1. The predicted molar refractivity (Wildman–Crippen MR) is 304 cm³/mol. The fraction of sp³-hybridized carbons (Fsp3) is 0.354. The molecular weight excluding hydrogens is 973 g/mol. The van der Waals surface area contributed by atoms with Gasteiger partial charge in [-0.2, -0.15) is 0 Å². The number of hydrogen-bond acceptors (Lipinski definition) is 12. The van der Waals surface area contributed by atoms with E-state index in [1.54, 1.807) is 76.6 Å². The quantitative estimate of drug-likeness (QED) is 0.0402. The fourth-order valence-corrected chi connectivity index (χ4v) is 9.41. The second-order valence-electron chi connectivity index (χ2n) is 19.1. The van der Waals surface area contributed by atoms with Crippen LogP contribution in [0.1, 0.15) is 121 Å². The third-order valence-electron chi connectivity index (χ3n) is 13.6. The molecule has 412 valence electrons. The SMILES string of the molecule is C.C1CC2C3CCC(C3)C2C1.C=CC(=O)OCC.C=CC(=O)OCC.C=CC(=O)OCc1ccc(C(C)(C)c2ccc(COC(=O)C=C)cc2)cc1.C=CC(=O)Oc1ccc(C(C)(C)c2ccc(OC(=O)C=C)cc2)cc1. The summed E-state index contributed by atoms with van der Waals surface area (Å²) in [6, 6.07) is 30.6. The molecule has 0 spiro atoms. The van der Waals surface area contributed by atoms with Crippen molar-refractivity contribution in [1.29, 1.82) is 0 Å². The van der Waals surface area contributed by atoms with Crippen LogP contribution in [0.4, 0.5) is 0 Å². The molecule has 3 saturated carbocycles. The summed E-state index contributed by atoms with van der Waals surface area (Å²) in [7, 11) is 0.